The summed E-state index contributed by atoms with van der Waals surface area (Å²) in [5.74, 6) is -1.91. The molecule has 2 aromatic carbocycles. The molecule has 9 heteroatoms. The van der Waals surface area contributed by atoms with Crippen LogP contribution in [0.2, 0.25) is 0 Å². The average molecular weight is 435 g/mol. The quantitative estimate of drug-likeness (QED) is 0.349. The van der Waals surface area contributed by atoms with Gasteiger partial charge in [0.25, 0.3) is 11.6 Å². The highest BCUT2D eigenvalue weighted by molar-refractivity contribution is 7.10. The Morgan fingerprint density at radius 1 is 0.968 bits per heavy atom. The van der Waals surface area contributed by atoms with Gasteiger partial charge in [0, 0.05) is 10.9 Å². The summed E-state index contributed by atoms with van der Waals surface area (Å²) in [5.41, 5.74) is 1.38. The lowest BCUT2D eigenvalue weighted by molar-refractivity contribution is -0.384. The molecule has 0 spiro atoms. The molecule has 0 aliphatic carbocycles. The van der Waals surface area contributed by atoms with Gasteiger partial charge in [-0.05, 0) is 36.1 Å². The van der Waals surface area contributed by atoms with Crippen molar-refractivity contribution in [3.8, 4) is 0 Å². The minimum absolute atomic E-state index is 0.0344. The molecule has 2 aliphatic heterocycles. The van der Waals surface area contributed by atoms with Crippen LogP contribution >= 0.6 is 11.3 Å². The third kappa shape index (κ3) is 2.93. The van der Waals surface area contributed by atoms with Crippen LogP contribution in [-0.4, -0.2) is 22.8 Å². The number of imide groups is 1. The highest BCUT2D eigenvalue weighted by Gasteiger charge is 2.61. The van der Waals surface area contributed by atoms with Crippen molar-refractivity contribution >= 4 is 40.2 Å². The average Bonchev–Trinajstić information content (AvgIpc) is 3.46. The fraction of sp³-hybridized carbons (Fsp3) is 0.182. The molecule has 3 atom stereocenters. The molecule has 2 amide bonds. The maximum atomic E-state index is 13.5. The molecule has 2 fully saturated rings. The Kier molecular flexibility index (Phi) is 4.57. The number of thiophene rings is 1. The highest BCUT2D eigenvalue weighted by atomic mass is 32.1. The number of carbonyl (C=O) groups excluding carboxylic acids is 2. The van der Waals surface area contributed by atoms with Crippen molar-refractivity contribution in [1.29, 1.82) is 0 Å². The summed E-state index contributed by atoms with van der Waals surface area (Å²) < 4.78 is 0. The Balaban J connectivity index is 1.60. The van der Waals surface area contributed by atoms with E-state index in [0.717, 1.165) is 21.0 Å². The Morgan fingerprint density at radius 2 is 1.68 bits per heavy atom. The fourth-order valence-electron chi connectivity index (χ4n) is 4.23. The van der Waals surface area contributed by atoms with Crippen LogP contribution in [0.4, 0.5) is 17.1 Å². The van der Waals surface area contributed by atoms with Crippen LogP contribution in [0.15, 0.2) is 66.0 Å². The van der Waals surface area contributed by atoms with Gasteiger partial charge < -0.3 is 0 Å². The smallest absolute Gasteiger partial charge is 0.273 e. The topological polar surface area (TPSA) is 93.0 Å². The number of hydroxylamine groups is 1. The van der Waals surface area contributed by atoms with E-state index < -0.39 is 34.8 Å². The summed E-state index contributed by atoms with van der Waals surface area (Å²) in [6.07, 6.45) is -1.06. The van der Waals surface area contributed by atoms with E-state index >= 15 is 0 Å². The summed E-state index contributed by atoms with van der Waals surface area (Å²) >= 11 is 1.47. The van der Waals surface area contributed by atoms with Gasteiger partial charge in [-0.25, -0.2) is 9.96 Å². The van der Waals surface area contributed by atoms with Crippen molar-refractivity contribution in [1.82, 2.24) is 0 Å². The predicted molar refractivity (Wildman–Crippen MR) is 115 cm³/mol. The van der Waals surface area contributed by atoms with Crippen LogP contribution in [0.3, 0.4) is 0 Å². The summed E-state index contributed by atoms with van der Waals surface area (Å²) in [5, 5.41) is 15.0. The molecule has 3 aromatic rings. The minimum Gasteiger partial charge on any atom is -0.273 e. The number of carbonyl (C=O) groups is 2. The van der Waals surface area contributed by atoms with Crippen molar-refractivity contribution in [3.63, 3.8) is 0 Å². The lowest BCUT2D eigenvalue weighted by Gasteiger charge is -2.28. The Morgan fingerprint density at radius 3 is 2.35 bits per heavy atom. The number of benzene rings is 2. The summed E-state index contributed by atoms with van der Waals surface area (Å²) in [7, 11) is 0. The van der Waals surface area contributed by atoms with Crippen LogP contribution in [0.25, 0.3) is 0 Å². The van der Waals surface area contributed by atoms with Gasteiger partial charge in [-0.1, -0.05) is 36.4 Å². The van der Waals surface area contributed by atoms with Gasteiger partial charge in [-0.3, -0.25) is 24.5 Å². The molecule has 31 heavy (non-hydrogen) atoms. The van der Waals surface area contributed by atoms with Gasteiger partial charge in [-0.2, -0.15) is 0 Å². The molecule has 0 radical (unpaired) electrons. The van der Waals surface area contributed by atoms with E-state index in [4.69, 9.17) is 4.84 Å². The first kappa shape index (κ1) is 19.4. The van der Waals surface area contributed by atoms with E-state index in [0.29, 0.717) is 0 Å². The molecule has 156 valence electrons. The van der Waals surface area contributed by atoms with Gasteiger partial charge >= 0.3 is 0 Å². The van der Waals surface area contributed by atoms with Gasteiger partial charge in [-0.15, -0.1) is 11.3 Å². The van der Waals surface area contributed by atoms with Gasteiger partial charge in [0.15, 0.2) is 6.10 Å². The van der Waals surface area contributed by atoms with E-state index in [-0.39, 0.29) is 11.4 Å². The molecule has 8 nitrogen and oxygen atoms in total. The number of amides is 2. The second-order valence-corrected chi connectivity index (χ2v) is 8.36. The molecule has 5 rings (SSSR count). The number of rotatable bonds is 4. The van der Waals surface area contributed by atoms with Crippen LogP contribution in [-0.2, 0) is 14.4 Å². The molecule has 2 saturated heterocycles. The van der Waals surface area contributed by atoms with Crippen molar-refractivity contribution in [2.75, 3.05) is 9.96 Å². The fourth-order valence-corrected chi connectivity index (χ4v) is 5.08. The number of hydrogen-bond donors (Lipinski definition) is 0. The molecule has 3 heterocycles. The molecular formula is C22H17N3O5S. The lowest BCUT2D eigenvalue weighted by atomic mass is 9.95. The molecule has 1 aromatic heterocycles. The monoisotopic (exact) mass is 435 g/mol. The third-order valence-corrected chi connectivity index (χ3v) is 6.57. The van der Waals surface area contributed by atoms with E-state index in [1.807, 2.05) is 48.7 Å². The van der Waals surface area contributed by atoms with Gasteiger partial charge in [0.05, 0.1) is 10.6 Å². The molecule has 0 bridgehead atoms. The van der Waals surface area contributed by atoms with Crippen LogP contribution in [0, 0.1) is 23.0 Å². The largest absolute Gasteiger partial charge is 0.293 e. The number of anilines is 2. The SMILES string of the molecule is Cc1ccccc1N1OC2C(=O)N(c3ccccc3[N+](=O)[O-])C(=O)C2C1c1cccs1. The Bertz CT molecular complexity index is 1200. The number of nitrogens with zero attached hydrogens (tertiary/aromatic N) is 3. The number of hydrogen-bond acceptors (Lipinski definition) is 7. The van der Waals surface area contributed by atoms with Crippen molar-refractivity contribution < 1.29 is 19.3 Å². The first-order valence-corrected chi connectivity index (χ1v) is 10.5. The Hall–Kier alpha value is -3.56. The van der Waals surface area contributed by atoms with Crippen LogP contribution in [0.5, 0.6) is 0 Å². The zero-order valence-corrected chi connectivity index (χ0v) is 17.2. The lowest BCUT2D eigenvalue weighted by Crippen LogP contribution is -2.37. The van der Waals surface area contributed by atoms with Crippen molar-refractivity contribution in [2.45, 2.75) is 19.1 Å². The predicted octanol–water partition coefficient (Wildman–Crippen LogP) is 4.02. The first-order chi connectivity index (χ1) is 15.0. The van der Waals surface area contributed by atoms with Gasteiger partial charge in [0.1, 0.15) is 17.6 Å². The number of nitro benzene ring substituents is 1. The summed E-state index contributed by atoms with van der Waals surface area (Å²) in [6, 6.07) is 16.6. The van der Waals surface area contributed by atoms with E-state index in [1.165, 1.54) is 29.5 Å². The van der Waals surface area contributed by atoms with E-state index in [9.17, 15) is 19.7 Å². The van der Waals surface area contributed by atoms with E-state index in [1.54, 1.807) is 11.1 Å². The minimum atomic E-state index is -1.06. The molecule has 0 saturated carbocycles. The normalized spacial score (nSPS) is 22.8. The molecule has 0 N–H and O–H groups in total. The third-order valence-electron chi connectivity index (χ3n) is 5.62. The highest BCUT2D eigenvalue weighted by Crippen LogP contribution is 2.49. The number of fused-ring (bicyclic) bond motifs is 1. The number of para-hydroxylation sites is 3. The zero-order chi connectivity index (χ0) is 21.7. The maximum absolute atomic E-state index is 13.5. The number of aryl methyl sites for hydroxylation is 1. The standard InChI is InChI=1S/C22H17N3O5S/c1-13-7-2-3-8-14(13)24-19(17-11-6-12-31-17)18-20(30-24)22(27)23(21(18)26)15-9-4-5-10-16(15)25(28)29/h2-12,18-20H,1H3. The van der Waals surface area contributed by atoms with Crippen LogP contribution < -0.4 is 9.96 Å². The summed E-state index contributed by atoms with van der Waals surface area (Å²) in [6.45, 7) is 1.93. The van der Waals surface area contributed by atoms with Crippen LogP contribution in [0.1, 0.15) is 16.5 Å². The van der Waals surface area contributed by atoms with Crippen molar-refractivity contribution in [3.05, 3.63) is 86.6 Å². The summed E-state index contributed by atoms with van der Waals surface area (Å²) in [4.78, 5) is 45.6. The van der Waals surface area contributed by atoms with Crippen molar-refractivity contribution in [2.24, 2.45) is 5.92 Å². The first-order valence-electron chi connectivity index (χ1n) is 9.65. The second-order valence-electron chi connectivity index (χ2n) is 7.38. The number of nitro groups is 1. The zero-order valence-electron chi connectivity index (χ0n) is 16.4. The molecular weight excluding hydrogens is 418 g/mol. The maximum Gasteiger partial charge on any atom is 0.293 e. The molecule has 3 unspecified atom stereocenters. The van der Waals surface area contributed by atoms with E-state index in [2.05, 4.69) is 0 Å². The Labute approximate surface area is 181 Å². The second kappa shape index (κ2) is 7.29. The van der Waals surface area contributed by atoms with Gasteiger partial charge in [0.2, 0.25) is 5.91 Å². The molecule has 2 aliphatic rings.